The first-order valence-corrected chi connectivity index (χ1v) is 11.6. The molecule has 0 radical (unpaired) electrons. The number of hydrogen-bond donors (Lipinski definition) is 2. The van der Waals surface area contributed by atoms with Crippen LogP contribution in [0, 0.1) is 0 Å². The maximum atomic E-state index is 12.7. The Bertz CT molecular complexity index is 1010. The second-order valence-electron chi connectivity index (χ2n) is 7.02. The lowest BCUT2D eigenvalue weighted by Gasteiger charge is -2.16. The highest BCUT2D eigenvalue weighted by Crippen LogP contribution is 2.25. The fourth-order valence-corrected chi connectivity index (χ4v) is 4.98. The molecular weight excluding hydrogens is 426 g/mol. The topological polar surface area (TPSA) is 95.6 Å². The summed E-state index contributed by atoms with van der Waals surface area (Å²) in [6.45, 7) is 1.41. The maximum Gasteiger partial charge on any atom is 0.252 e. The minimum absolute atomic E-state index is 0.0510. The summed E-state index contributed by atoms with van der Waals surface area (Å²) in [5, 5.41) is 5.56. The van der Waals surface area contributed by atoms with Crippen LogP contribution in [0.4, 0.5) is 0 Å². The van der Waals surface area contributed by atoms with E-state index in [2.05, 4.69) is 10.6 Å². The van der Waals surface area contributed by atoms with E-state index >= 15 is 0 Å². The molecule has 0 spiro atoms. The molecule has 2 amide bonds. The molecule has 2 aromatic rings. The second kappa shape index (κ2) is 10.1. The SMILES string of the molecule is O=C(Cc1ccccc1)NCCNC(=O)c1cc(S(=O)(=O)N2CCCC2)ccc1Cl. The summed E-state index contributed by atoms with van der Waals surface area (Å²) in [4.78, 5) is 24.5. The monoisotopic (exact) mass is 449 g/mol. The fraction of sp³-hybridized carbons (Fsp3) is 0.333. The minimum atomic E-state index is -3.64. The summed E-state index contributed by atoms with van der Waals surface area (Å²) >= 11 is 6.12. The highest BCUT2D eigenvalue weighted by atomic mass is 35.5. The summed E-state index contributed by atoms with van der Waals surface area (Å²) in [6.07, 6.45) is 1.92. The zero-order valence-corrected chi connectivity index (χ0v) is 18.0. The quantitative estimate of drug-likeness (QED) is 0.604. The molecule has 1 aliphatic rings. The van der Waals surface area contributed by atoms with Gasteiger partial charge in [0, 0.05) is 26.2 Å². The smallest absolute Gasteiger partial charge is 0.252 e. The Morgan fingerprint density at radius 3 is 2.33 bits per heavy atom. The van der Waals surface area contributed by atoms with Crippen molar-refractivity contribution in [2.45, 2.75) is 24.2 Å². The van der Waals surface area contributed by atoms with Crippen LogP contribution in [0.25, 0.3) is 0 Å². The van der Waals surface area contributed by atoms with Crippen molar-refractivity contribution in [3.8, 4) is 0 Å². The average molecular weight is 450 g/mol. The number of amides is 2. The largest absolute Gasteiger partial charge is 0.354 e. The first kappa shape index (κ1) is 22.3. The third kappa shape index (κ3) is 5.59. The molecule has 1 saturated heterocycles. The van der Waals surface area contributed by atoms with Crippen LogP contribution in [0.5, 0.6) is 0 Å². The minimum Gasteiger partial charge on any atom is -0.354 e. The molecule has 3 rings (SSSR count). The van der Waals surface area contributed by atoms with Crippen LogP contribution in [0.3, 0.4) is 0 Å². The van der Waals surface area contributed by atoms with Gasteiger partial charge in [0.1, 0.15) is 0 Å². The van der Waals surface area contributed by atoms with Crippen molar-refractivity contribution in [3.05, 3.63) is 64.7 Å². The van der Waals surface area contributed by atoms with Crippen LogP contribution in [0.15, 0.2) is 53.4 Å². The number of rotatable bonds is 8. The van der Waals surface area contributed by atoms with Gasteiger partial charge in [-0.05, 0) is 36.6 Å². The van der Waals surface area contributed by atoms with E-state index in [-0.39, 0.29) is 40.9 Å². The lowest BCUT2D eigenvalue weighted by molar-refractivity contribution is -0.120. The van der Waals surface area contributed by atoms with Gasteiger partial charge in [-0.3, -0.25) is 9.59 Å². The molecule has 0 atom stereocenters. The molecule has 0 bridgehead atoms. The molecule has 2 aromatic carbocycles. The van der Waals surface area contributed by atoms with E-state index < -0.39 is 15.9 Å². The number of nitrogens with one attached hydrogen (secondary N) is 2. The molecule has 2 N–H and O–H groups in total. The van der Waals surface area contributed by atoms with E-state index in [4.69, 9.17) is 11.6 Å². The Kier molecular flexibility index (Phi) is 7.47. The van der Waals surface area contributed by atoms with Crippen LogP contribution in [0.2, 0.25) is 5.02 Å². The summed E-state index contributed by atoms with van der Waals surface area (Å²) < 4.78 is 26.8. The van der Waals surface area contributed by atoms with Crippen LogP contribution < -0.4 is 10.6 Å². The molecule has 160 valence electrons. The first-order valence-electron chi connectivity index (χ1n) is 9.76. The van der Waals surface area contributed by atoms with E-state index in [1.807, 2.05) is 30.3 Å². The average Bonchev–Trinajstić information content (AvgIpc) is 3.28. The first-order chi connectivity index (χ1) is 14.4. The van der Waals surface area contributed by atoms with Crippen LogP contribution in [0.1, 0.15) is 28.8 Å². The number of hydrogen-bond acceptors (Lipinski definition) is 4. The predicted octanol–water partition coefficient (Wildman–Crippen LogP) is 2.21. The number of nitrogens with zero attached hydrogens (tertiary/aromatic N) is 1. The molecule has 9 heteroatoms. The third-order valence-electron chi connectivity index (χ3n) is 4.83. The van der Waals surface area contributed by atoms with Gasteiger partial charge in [-0.1, -0.05) is 41.9 Å². The highest BCUT2D eigenvalue weighted by Gasteiger charge is 2.28. The summed E-state index contributed by atoms with van der Waals surface area (Å²) in [5.74, 6) is -0.636. The number of halogens is 1. The number of benzene rings is 2. The van der Waals surface area contributed by atoms with Gasteiger partial charge < -0.3 is 10.6 Å². The molecule has 1 fully saturated rings. The van der Waals surface area contributed by atoms with Gasteiger partial charge in [0.15, 0.2) is 0 Å². The zero-order valence-electron chi connectivity index (χ0n) is 16.4. The van der Waals surface area contributed by atoms with E-state index in [1.165, 1.54) is 22.5 Å². The number of sulfonamides is 1. The van der Waals surface area contributed by atoms with Gasteiger partial charge in [-0.25, -0.2) is 8.42 Å². The van der Waals surface area contributed by atoms with Gasteiger partial charge in [-0.2, -0.15) is 4.31 Å². The van der Waals surface area contributed by atoms with Gasteiger partial charge in [0.05, 0.1) is 21.9 Å². The zero-order chi connectivity index (χ0) is 21.6. The lowest BCUT2D eigenvalue weighted by Crippen LogP contribution is -2.35. The van der Waals surface area contributed by atoms with Gasteiger partial charge in [-0.15, -0.1) is 0 Å². The summed E-state index contributed by atoms with van der Waals surface area (Å²) in [7, 11) is -3.64. The molecule has 30 heavy (non-hydrogen) atoms. The molecule has 7 nitrogen and oxygen atoms in total. The van der Waals surface area contributed by atoms with Crippen molar-refractivity contribution < 1.29 is 18.0 Å². The Hall–Kier alpha value is -2.42. The van der Waals surface area contributed by atoms with Crippen molar-refractivity contribution in [1.82, 2.24) is 14.9 Å². The maximum absolute atomic E-state index is 12.7. The molecule has 0 aromatic heterocycles. The predicted molar refractivity (Wildman–Crippen MR) is 115 cm³/mol. The molecule has 0 unspecified atom stereocenters. The Morgan fingerprint density at radius 1 is 0.967 bits per heavy atom. The van der Waals surface area contributed by atoms with Crippen LogP contribution >= 0.6 is 11.6 Å². The highest BCUT2D eigenvalue weighted by molar-refractivity contribution is 7.89. The Labute approximate surface area is 181 Å². The van der Waals surface area contributed by atoms with Crippen molar-refractivity contribution >= 4 is 33.4 Å². The van der Waals surface area contributed by atoms with Crippen molar-refractivity contribution in [1.29, 1.82) is 0 Å². The molecule has 1 heterocycles. The molecular formula is C21H24ClN3O4S. The lowest BCUT2D eigenvalue weighted by atomic mass is 10.1. The van der Waals surface area contributed by atoms with E-state index in [0.717, 1.165) is 18.4 Å². The summed E-state index contributed by atoms with van der Waals surface area (Å²) in [6, 6.07) is 13.5. The van der Waals surface area contributed by atoms with E-state index in [0.29, 0.717) is 13.1 Å². The normalized spacial score (nSPS) is 14.4. The standard InChI is InChI=1S/C21H24ClN3O4S/c22-19-9-8-17(30(28,29)25-12-4-5-13-25)15-18(19)21(27)24-11-10-23-20(26)14-16-6-2-1-3-7-16/h1-3,6-9,15H,4-5,10-14H2,(H,23,26)(H,24,27). The molecule has 0 aliphatic carbocycles. The third-order valence-corrected chi connectivity index (χ3v) is 7.05. The number of carbonyl (C=O) groups is 2. The van der Waals surface area contributed by atoms with Crippen LogP contribution in [-0.2, 0) is 21.2 Å². The van der Waals surface area contributed by atoms with Gasteiger partial charge in [0.25, 0.3) is 5.91 Å². The van der Waals surface area contributed by atoms with Gasteiger partial charge >= 0.3 is 0 Å². The van der Waals surface area contributed by atoms with E-state index in [1.54, 1.807) is 0 Å². The Morgan fingerprint density at radius 2 is 1.63 bits per heavy atom. The number of carbonyl (C=O) groups excluding carboxylic acids is 2. The Balaban J connectivity index is 1.54. The fourth-order valence-electron chi connectivity index (χ4n) is 3.23. The van der Waals surface area contributed by atoms with Crippen molar-refractivity contribution in [3.63, 3.8) is 0 Å². The van der Waals surface area contributed by atoms with Gasteiger partial charge in [0.2, 0.25) is 15.9 Å². The molecule has 0 saturated carbocycles. The second-order valence-corrected chi connectivity index (χ2v) is 9.37. The van der Waals surface area contributed by atoms with Crippen molar-refractivity contribution in [2.24, 2.45) is 0 Å². The summed E-state index contributed by atoms with van der Waals surface area (Å²) in [5.41, 5.74) is 0.995. The van der Waals surface area contributed by atoms with Crippen LogP contribution in [-0.4, -0.2) is 50.7 Å². The van der Waals surface area contributed by atoms with E-state index in [9.17, 15) is 18.0 Å². The van der Waals surface area contributed by atoms with Crippen molar-refractivity contribution in [2.75, 3.05) is 26.2 Å². The molecule has 1 aliphatic heterocycles.